The standard InChI is InChI=1S/C14H20O3/c1-10-7-8-12(9-11(10)2)13(15)5-4-6-14(16)17-3/h7-9,13,15H,4-6H2,1-3H3. The molecule has 17 heavy (non-hydrogen) atoms. The number of carbonyl (C=O) groups is 1. The highest BCUT2D eigenvalue weighted by Gasteiger charge is 2.09. The van der Waals surface area contributed by atoms with Gasteiger partial charge in [-0.3, -0.25) is 4.79 Å². The van der Waals surface area contributed by atoms with Gasteiger partial charge in [-0.15, -0.1) is 0 Å². The van der Waals surface area contributed by atoms with E-state index in [2.05, 4.69) is 4.74 Å². The van der Waals surface area contributed by atoms with Gasteiger partial charge in [0.1, 0.15) is 0 Å². The number of aliphatic hydroxyl groups is 1. The van der Waals surface area contributed by atoms with Gasteiger partial charge in [0.15, 0.2) is 0 Å². The normalized spacial score (nSPS) is 12.2. The van der Waals surface area contributed by atoms with Gasteiger partial charge in [-0.05, 0) is 43.4 Å². The Kier molecular flexibility index (Phi) is 5.16. The van der Waals surface area contributed by atoms with Gasteiger partial charge >= 0.3 is 5.97 Å². The van der Waals surface area contributed by atoms with Crippen LogP contribution in [0.15, 0.2) is 18.2 Å². The van der Waals surface area contributed by atoms with Crippen molar-refractivity contribution in [1.29, 1.82) is 0 Å². The molecule has 1 atom stereocenters. The van der Waals surface area contributed by atoms with Gasteiger partial charge in [-0.25, -0.2) is 0 Å². The summed E-state index contributed by atoms with van der Waals surface area (Å²) in [6, 6.07) is 5.94. The second-order valence-corrected chi connectivity index (χ2v) is 4.33. The summed E-state index contributed by atoms with van der Waals surface area (Å²) >= 11 is 0. The summed E-state index contributed by atoms with van der Waals surface area (Å²) in [5.74, 6) is -0.225. The maximum atomic E-state index is 10.9. The second-order valence-electron chi connectivity index (χ2n) is 4.33. The van der Waals surface area contributed by atoms with Gasteiger partial charge in [-0.1, -0.05) is 18.2 Å². The zero-order valence-electron chi connectivity index (χ0n) is 10.7. The van der Waals surface area contributed by atoms with E-state index in [1.807, 2.05) is 32.0 Å². The molecule has 0 aliphatic heterocycles. The Morgan fingerprint density at radius 1 is 1.35 bits per heavy atom. The Morgan fingerprint density at radius 3 is 2.65 bits per heavy atom. The molecule has 0 radical (unpaired) electrons. The minimum Gasteiger partial charge on any atom is -0.469 e. The number of hydrogen-bond donors (Lipinski definition) is 1. The highest BCUT2D eigenvalue weighted by atomic mass is 16.5. The zero-order valence-corrected chi connectivity index (χ0v) is 10.7. The molecule has 0 fully saturated rings. The first kappa shape index (κ1) is 13.7. The van der Waals surface area contributed by atoms with Crippen molar-refractivity contribution in [2.45, 2.75) is 39.2 Å². The van der Waals surface area contributed by atoms with Gasteiger partial charge < -0.3 is 9.84 Å². The van der Waals surface area contributed by atoms with Crippen molar-refractivity contribution < 1.29 is 14.6 Å². The van der Waals surface area contributed by atoms with Crippen molar-refractivity contribution >= 4 is 5.97 Å². The van der Waals surface area contributed by atoms with E-state index >= 15 is 0 Å². The lowest BCUT2D eigenvalue weighted by molar-refractivity contribution is -0.140. The number of esters is 1. The molecule has 0 saturated carbocycles. The Labute approximate surface area is 102 Å². The van der Waals surface area contributed by atoms with Crippen LogP contribution >= 0.6 is 0 Å². The molecule has 1 rings (SSSR count). The molecule has 1 aromatic rings. The summed E-state index contributed by atoms with van der Waals surface area (Å²) < 4.78 is 4.55. The minimum atomic E-state index is -0.501. The second kappa shape index (κ2) is 6.40. The molecule has 0 saturated heterocycles. The fourth-order valence-corrected chi connectivity index (χ4v) is 1.68. The molecule has 94 valence electrons. The third kappa shape index (κ3) is 4.19. The van der Waals surface area contributed by atoms with E-state index in [1.165, 1.54) is 18.2 Å². The van der Waals surface area contributed by atoms with E-state index in [0.717, 1.165) is 5.56 Å². The van der Waals surface area contributed by atoms with Crippen molar-refractivity contribution in [3.63, 3.8) is 0 Å². The third-order valence-corrected chi connectivity index (χ3v) is 3.00. The molecule has 1 aromatic carbocycles. The maximum absolute atomic E-state index is 10.9. The number of aryl methyl sites for hydroxylation is 2. The lowest BCUT2D eigenvalue weighted by Crippen LogP contribution is -2.03. The van der Waals surface area contributed by atoms with Crippen LogP contribution in [0.2, 0.25) is 0 Å². The van der Waals surface area contributed by atoms with Crippen LogP contribution in [-0.4, -0.2) is 18.2 Å². The number of methoxy groups -OCH3 is 1. The highest BCUT2D eigenvalue weighted by Crippen LogP contribution is 2.21. The first-order valence-corrected chi connectivity index (χ1v) is 5.86. The molecular weight excluding hydrogens is 216 g/mol. The molecule has 1 unspecified atom stereocenters. The van der Waals surface area contributed by atoms with E-state index in [9.17, 15) is 9.90 Å². The molecule has 0 aliphatic carbocycles. The van der Waals surface area contributed by atoms with E-state index in [1.54, 1.807) is 0 Å². The topological polar surface area (TPSA) is 46.5 Å². The molecule has 0 heterocycles. The molecule has 0 aromatic heterocycles. The Bertz CT molecular complexity index is 385. The van der Waals surface area contributed by atoms with Gasteiger partial charge in [-0.2, -0.15) is 0 Å². The van der Waals surface area contributed by atoms with Crippen molar-refractivity contribution in [2.75, 3.05) is 7.11 Å². The van der Waals surface area contributed by atoms with Gasteiger partial charge in [0.05, 0.1) is 13.2 Å². The summed E-state index contributed by atoms with van der Waals surface area (Å²) in [5.41, 5.74) is 3.31. The van der Waals surface area contributed by atoms with E-state index in [-0.39, 0.29) is 5.97 Å². The predicted octanol–water partition coefficient (Wildman–Crippen LogP) is 2.68. The molecule has 0 amide bonds. The summed E-state index contributed by atoms with van der Waals surface area (Å²) in [5, 5.41) is 9.97. The van der Waals surface area contributed by atoms with Crippen molar-refractivity contribution in [1.82, 2.24) is 0 Å². The summed E-state index contributed by atoms with van der Waals surface area (Å²) in [7, 11) is 1.38. The average molecular weight is 236 g/mol. The molecule has 0 spiro atoms. The SMILES string of the molecule is COC(=O)CCCC(O)c1ccc(C)c(C)c1. The molecule has 3 nitrogen and oxygen atoms in total. The van der Waals surface area contributed by atoms with Crippen molar-refractivity contribution in [2.24, 2.45) is 0 Å². The number of carbonyl (C=O) groups excluding carboxylic acids is 1. The van der Waals surface area contributed by atoms with Crippen molar-refractivity contribution in [3.8, 4) is 0 Å². The molecule has 3 heteroatoms. The minimum absolute atomic E-state index is 0.225. The van der Waals surface area contributed by atoms with Crippen LogP contribution < -0.4 is 0 Å². The number of aliphatic hydroxyl groups excluding tert-OH is 1. The molecule has 0 bridgehead atoms. The fraction of sp³-hybridized carbons (Fsp3) is 0.500. The summed E-state index contributed by atoms with van der Waals surface area (Å²) in [6.45, 7) is 4.07. The maximum Gasteiger partial charge on any atom is 0.305 e. The first-order chi connectivity index (χ1) is 8.04. The monoisotopic (exact) mass is 236 g/mol. The average Bonchev–Trinajstić information content (AvgIpc) is 2.32. The first-order valence-electron chi connectivity index (χ1n) is 5.86. The van der Waals surface area contributed by atoms with Crippen molar-refractivity contribution in [3.05, 3.63) is 34.9 Å². The predicted molar refractivity (Wildman–Crippen MR) is 66.7 cm³/mol. The third-order valence-electron chi connectivity index (χ3n) is 3.00. The summed E-state index contributed by atoms with van der Waals surface area (Å²) in [6.07, 6.45) is 1.08. The zero-order chi connectivity index (χ0) is 12.8. The van der Waals surface area contributed by atoms with E-state index in [4.69, 9.17) is 0 Å². The van der Waals surface area contributed by atoms with Crippen LogP contribution in [0.4, 0.5) is 0 Å². The molecule has 1 N–H and O–H groups in total. The van der Waals surface area contributed by atoms with Crippen LogP contribution in [0.3, 0.4) is 0 Å². The number of hydrogen-bond acceptors (Lipinski definition) is 3. The smallest absolute Gasteiger partial charge is 0.305 e. The highest BCUT2D eigenvalue weighted by molar-refractivity contribution is 5.68. The van der Waals surface area contributed by atoms with Crippen LogP contribution in [0.25, 0.3) is 0 Å². The van der Waals surface area contributed by atoms with Crippen LogP contribution in [-0.2, 0) is 9.53 Å². The van der Waals surface area contributed by atoms with Gasteiger partial charge in [0.25, 0.3) is 0 Å². The van der Waals surface area contributed by atoms with Gasteiger partial charge in [0.2, 0.25) is 0 Å². The van der Waals surface area contributed by atoms with Gasteiger partial charge in [0, 0.05) is 6.42 Å². The number of benzene rings is 1. The van der Waals surface area contributed by atoms with E-state index < -0.39 is 6.10 Å². The molecular formula is C14H20O3. The summed E-state index contributed by atoms with van der Waals surface area (Å²) in [4.78, 5) is 10.9. The quantitative estimate of drug-likeness (QED) is 0.799. The van der Waals surface area contributed by atoms with E-state index in [0.29, 0.717) is 19.3 Å². The van der Waals surface area contributed by atoms with Crippen LogP contribution in [0, 0.1) is 13.8 Å². The fourth-order valence-electron chi connectivity index (χ4n) is 1.68. The lowest BCUT2D eigenvalue weighted by Gasteiger charge is -2.12. The van der Waals surface area contributed by atoms with Crippen LogP contribution in [0.1, 0.15) is 42.1 Å². The lowest BCUT2D eigenvalue weighted by atomic mass is 9.99. The number of rotatable bonds is 5. The largest absolute Gasteiger partial charge is 0.469 e. The Balaban J connectivity index is 2.49. The Hall–Kier alpha value is -1.35. The van der Waals surface area contributed by atoms with Crippen LogP contribution in [0.5, 0.6) is 0 Å². The number of ether oxygens (including phenoxy) is 1. The Morgan fingerprint density at radius 2 is 2.06 bits per heavy atom. The molecule has 0 aliphatic rings.